The predicted molar refractivity (Wildman–Crippen MR) is 84.9 cm³/mol. The highest BCUT2D eigenvalue weighted by molar-refractivity contribution is 7.92. The van der Waals surface area contributed by atoms with Gasteiger partial charge in [-0.3, -0.25) is 0 Å². The van der Waals surface area contributed by atoms with Crippen molar-refractivity contribution in [3.8, 4) is 0 Å². The topological polar surface area (TPSA) is 75.3 Å². The second-order valence-electron chi connectivity index (χ2n) is 6.47. The van der Waals surface area contributed by atoms with Gasteiger partial charge in [0.05, 0.1) is 10.3 Å². The van der Waals surface area contributed by atoms with Crippen LogP contribution in [0.2, 0.25) is 0 Å². The molecule has 7 heteroatoms. The van der Waals surface area contributed by atoms with Gasteiger partial charge in [0, 0.05) is 12.8 Å². The lowest BCUT2D eigenvalue weighted by Gasteiger charge is -2.29. The van der Waals surface area contributed by atoms with Crippen LogP contribution in [0.25, 0.3) is 0 Å². The fourth-order valence-corrected chi connectivity index (χ4v) is 2.04. The smallest absolute Gasteiger partial charge is 0.315 e. The number of sulfone groups is 1. The third kappa shape index (κ3) is 4.69. The first-order chi connectivity index (χ1) is 9.85. The van der Waals surface area contributed by atoms with Gasteiger partial charge >= 0.3 is 6.03 Å². The van der Waals surface area contributed by atoms with Gasteiger partial charge in [-0.1, -0.05) is 12.1 Å². The first-order valence-corrected chi connectivity index (χ1v) is 8.76. The second kappa shape index (κ2) is 6.24. The molecule has 1 aromatic carbocycles. The lowest BCUT2D eigenvalue weighted by molar-refractivity contribution is 0.229. The molecule has 0 fully saturated rings. The highest BCUT2D eigenvalue weighted by Gasteiger charge is 2.31. The molecule has 5 nitrogen and oxygen atoms in total. The van der Waals surface area contributed by atoms with Crippen LogP contribution in [0.4, 0.5) is 9.18 Å². The van der Waals surface area contributed by atoms with Crippen LogP contribution in [0.5, 0.6) is 0 Å². The number of nitrogens with one attached hydrogen (secondary N) is 2. The van der Waals surface area contributed by atoms with E-state index in [9.17, 15) is 17.6 Å². The average molecular weight is 330 g/mol. The van der Waals surface area contributed by atoms with Crippen molar-refractivity contribution in [1.82, 2.24) is 10.6 Å². The van der Waals surface area contributed by atoms with Gasteiger partial charge in [-0.05, 0) is 45.4 Å². The van der Waals surface area contributed by atoms with Crippen molar-refractivity contribution in [2.24, 2.45) is 0 Å². The number of hydrogen-bond acceptors (Lipinski definition) is 3. The molecule has 0 radical (unpaired) electrons. The maximum atomic E-state index is 13.3. The summed E-state index contributed by atoms with van der Waals surface area (Å²) in [6.07, 6.45) is 1.13. The molecule has 0 aliphatic carbocycles. The molecule has 0 aliphatic heterocycles. The minimum atomic E-state index is -3.29. The number of amides is 2. The molecule has 1 aromatic rings. The molecule has 0 unspecified atom stereocenters. The monoisotopic (exact) mass is 330 g/mol. The first kappa shape index (κ1) is 18.4. The van der Waals surface area contributed by atoms with Crippen LogP contribution in [0.3, 0.4) is 0 Å². The van der Waals surface area contributed by atoms with Crippen molar-refractivity contribution in [3.63, 3.8) is 0 Å². The van der Waals surface area contributed by atoms with Gasteiger partial charge in [0.2, 0.25) is 0 Å². The Kier molecular flexibility index (Phi) is 5.22. The molecule has 2 N–H and O–H groups in total. The number of hydrogen-bond donors (Lipinski definition) is 2. The zero-order valence-corrected chi connectivity index (χ0v) is 14.3. The van der Waals surface area contributed by atoms with Crippen LogP contribution in [0.1, 0.15) is 33.3 Å². The van der Waals surface area contributed by atoms with Crippen LogP contribution in [0.15, 0.2) is 24.3 Å². The molecule has 124 valence electrons. The fraction of sp³-hybridized carbons (Fsp3) is 0.533. The van der Waals surface area contributed by atoms with Crippen LogP contribution >= 0.6 is 0 Å². The highest BCUT2D eigenvalue weighted by Crippen LogP contribution is 2.20. The van der Waals surface area contributed by atoms with E-state index in [1.807, 2.05) is 0 Å². The molecule has 0 spiro atoms. The predicted octanol–water partition coefficient (Wildman–Crippen LogP) is 2.18. The molecule has 0 aromatic heterocycles. The molecule has 2 amide bonds. The molecule has 0 saturated heterocycles. The van der Waals surface area contributed by atoms with Crippen molar-refractivity contribution in [2.45, 2.75) is 38.0 Å². The summed E-state index contributed by atoms with van der Waals surface area (Å²) >= 11 is 0. The van der Waals surface area contributed by atoms with E-state index >= 15 is 0 Å². The van der Waals surface area contributed by atoms with Gasteiger partial charge in [-0.15, -0.1) is 0 Å². The Morgan fingerprint density at radius 2 is 1.82 bits per heavy atom. The Hall–Kier alpha value is -1.63. The lowest BCUT2D eigenvalue weighted by atomic mass is 9.94. The molecule has 0 bridgehead atoms. The molecule has 0 saturated carbocycles. The zero-order valence-electron chi connectivity index (χ0n) is 13.5. The van der Waals surface area contributed by atoms with Gasteiger partial charge in [-0.2, -0.15) is 0 Å². The minimum absolute atomic E-state index is 0.0170. The minimum Gasteiger partial charge on any atom is -0.337 e. The van der Waals surface area contributed by atoms with Crippen LogP contribution < -0.4 is 10.6 Å². The maximum absolute atomic E-state index is 13.3. The van der Waals surface area contributed by atoms with Crippen molar-refractivity contribution in [2.75, 3.05) is 12.8 Å². The summed E-state index contributed by atoms with van der Waals surface area (Å²) in [6.45, 7) is 6.55. The van der Waals surface area contributed by atoms with Gasteiger partial charge in [0.15, 0.2) is 9.84 Å². The van der Waals surface area contributed by atoms with Crippen molar-refractivity contribution < 1.29 is 17.6 Å². The average Bonchev–Trinajstić information content (AvgIpc) is 2.34. The summed E-state index contributed by atoms with van der Waals surface area (Å²) in [6, 6.07) is 5.45. The number of halogens is 1. The number of carbonyl (C=O) groups is 1. The number of urea groups is 1. The lowest BCUT2D eigenvalue weighted by Crippen LogP contribution is -2.51. The van der Waals surface area contributed by atoms with Crippen LogP contribution in [-0.4, -0.2) is 32.0 Å². The van der Waals surface area contributed by atoms with E-state index < -0.39 is 26.2 Å². The molecule has 0 atom stereocenters. The quantitative estimate of drug-likeness (QED) is 0.869. The summed E-state index contributed by atoms with van der Waals surface area (Å²) in [7, 11) is -3.29. The van der Waals surface area contributed by atoms with Gasteiger partial charge in [0.1, 0.15) is 5.82 Å². The fourth-order valence-electron chi connectivity index (χ4n) is 1.70. The first-order valence-electron chi connectivity index (χ1n) is 6.87. The SMILES string of the molecule is CC(C)(NC(=O)NCC(C)(C)S(C)(=O)=O)c1cccc(F)c1. The Morgan fingerprint density at radius 3 is 2.32 bits per heavy atom. The summed E-state index contributed by atoms with van der Waals surface area (Å²) in [5.41, 5.74) is -0.174. The van der Waals surface area contributed by atoms with Gasteiger partial charge in [0.25, 0.3) is 0 Å². The number of rotatable bonds is 5. The van der Waals surface area contributed by atoms with Crippen molar-refractivity contribution in [3.05, 3.63) is 35.6 Å². The zero-order chi connectivity index (χ0) is 17.2. The van der Waals surface area contributed by atoms with Crippen LogP contribution in [-0.2, 0) is 15.4 Å². The third-order valence-corrected chi connectivity index (χ3v) is 5.80. The molecule has 0 heterocycles. The Bertz CT molecular complexity index is 655. The van der Waals surface area contributed by atoms with E-state index in [0.29, 0.717) is 5.56 Å². The largest absolute Gasteiger partial charge is 0.337 e. The van der Waals surface area contributed by atoms with E-state index in [1.165, 1.54) is 12.1 Å². The third-order valence-electron chi connectivity index (χ3n) is 3.65. The molecular formula is C15H23FN2O3S. The summed E-state index contributed by atoms with van der Waals surface area (Å²) in [5.74, 6) is -0.383. The number of carbonyl (C=O) groups excluding carboxylic acids is 1. The Morgan fingerprint density at radius 1 is 1.23 bits per heavy atom. The van der Waals surface area contributed by atoms with Crippen molar-refractivity contribution in [1.29, 1.82) is 0 Å². The van der Waals surface area contributed by atoms with E-state index in [1.54, 1.807) is 39.8 Å². The van der Waals surface area contributed by atoms with Gasteiger partial charge < -0.3 is 10.6 Å². The summed E-state index contributed by atoms with van der Waals surface area (Å²) in [4.78, 5) is 12.0. The number of benzene rings is 1. The van der Waals surface area contributed by atoms with E-state index in [0.717, 1.165) is 6.26 Å². The standard InChI is InChI=1S/C15H23FN2O3S/c1-14(2,22(5,20)21)10-17-13(19)18-15(3,4)11-7-6-8-12(16)9-11/h6-9H,10H2,1-5H3,(H2,17,18,19). The summed E-state index contributed by atoms with van der Waals surface area (Å²) in [5, 5.41) is 5.26. The molecule has 1 rings (SSSR count). The summed E-state index contributed by atoms with van der Waals surface area (Å²) < 4.78 is 35.4. The Balaban J connectivity index is 2.73. The van der Waals surface area contributed by atoms with E-state index in [2.05, 4.69) is 10.6 Å². The highest BCUT2D eigenvalue weighted by atomic mass is 32.2. The normalized spacial score (nSPS) is 12.8. The van der Waals surface area contributed by atoms with Crippen LogP contribution in [0, 0.1) is 5.82 Å². The second-order valence-corrected chi connectivity index (χ2v) is 9.12. The van der Waals surface area contributed by atoms with Crippen molar-refractivity contribution >= 4 is 15.9 Å². The Labute approximate surface area is 131 Å². The van der Waals surface area contributed by atoms with Gasteiger partial charge in [-0.25, -0.2) is 17.6 Å². The molecule has 22 heavy (non-hydrogen) atoms. The molecular weight excluding hydrogens is 307 g/mol. The van der Waals surface area contributed by atoms with E-state index in [-0.39, 0.29) is 12.4 Å². The molecule has 0 aliphatic rings. The van der Waals surface area contributed by atoms with E-state index in [4.69, 9.17) is 0 Å². The maximum Gasteiger partial charge on any atom is 0.315 e.